The third-order valence-electron chi connectivity index (χ3n) is 7.17. The number of hydrogen-bond acceptors (Lipinski definition) is 8. The highest BCUT2D eigenvalue weighted by atomic mass is 19.1. The van der Waals surface area contributed by atoms with Gasteiger partial charge in [-0.2, -0.15) is 5.26 Å². The number of methoxy groups -OCH3 is 1. The molecule has 44 heavy (non-hydrogen) atoms. The highest BCUT2D eigenvalue weighted by Gasteiger charge is 2.27. The van der Waals surface area contributed by atoms with E-state index in [4.69, 9.17) is 14.2 Å². The molecule has 0 radical (unpaired) electrons. The summed E-state index contributed by atoms with van der Waals surface area (Å²) in [6.45, 7) is 6.46. The van der Waals surface area contributed by atoms with Gasteiger partial charge in [0.15, 0.2) is 12.4 Å². The molecule has 2 aromatic heterocycles. The number of nitrogens with one attached hydrogen (secondary N) is 1. The maximum Gasteiger partial charge on any atom is 0.407 e. The van der Waals surface area contributed by atoms with E-state index in [0.717, 1.165) is 6.07 Å². The molecule has 0 aliphatic carbocycles. The molecular weight excluding hydrogens is 568 g/mol. The Morgan fingerprint density at radius 2 is 1.75 bits per heavy atom. The largest absolute Gasteiger partial charge is 0.466 e. The van der Waals surface area contributed by atoms with Crippen molar-refractivity contribution in [3.63, 3.8) is 0 Å². The van der Waals surface area contributed by atoms with Crippen LogP contribution < -0.4 is 15.0 Å². The first-order valence-electron chi connectivity index (χ1n) is 14.2. The van der Waals surface area contributed by atoms with E-state index < -0.39 is 23.3 Å². The average Bonchev–Trinajstić information content (AvgIpc) is 2.98. The van der Waals surface area contributed by atoms with E-state index in [9.17, 15) is 18.8 Å². The summed E-state index contributed by atoms with van der Waals surface area (Å²) in [5.41, 5.74) is 3.03. The minimum atomic E-state index is -0.702. The number of ether oxygens (including phenoxy) is 3. The van der Waals surface area contributed by atoms with Crippen molar-refractivity contribution in [3.8, 4) is 34.1 Å². The highest BCUT2D eigenvalue weighted by molar-refractivity contribution is 6.00. The van der Waals surface area contributed by atoms with E-state index in [-0.39, 0.29) is 12.8 Å². The molecule has 3 heterocycles. The molecule has 1 fully saturated rings. The van der Waals surface area contributed by atoms with Gasteiger partial charge < -0.3 is 24.4 Å². The maximum absolute atomic E-state index is 14.4. The number of anilines is 1. The van der Waals surface area contributed by atoms with Crippen LogP contribution >= 0.6 is 0 Å². The van der Waals surface area contributed by atoms with Gasteiger partial charge in [0.25, 0.3) is 0 Å². The number of alkyl carbamates (subject to hydrolysis) is 1. The lowest BCUT2D eigenvalue weighted by Gasteiger charge is -2.36. The van der Waals surface area contributed by atoms with Crippen LogP contribution in [-0.2, 0) is 9.47 Å². The summed E-state index contributed by atoms with van der Waals surface area (Å²) < 4.78 is 45.1. The number of hydrogen-bond donors (Lipinski definition) is 1. The van der Waals surface area contributed by atoms with Gasteiger partial charge in [-0.05, 0) is 63.4 Å². The second-order valence-electron chi connectivity index (χ2n) is 11.5. The van der Waals surface area contributed by atoms with Crippen molar-refractivity contribution < 1.29 is 27.8 Å². The number of nitrogens with zero attached hydrogens (tertiary/aromatic N) is 4. The van der Waals surface area contributed by atoms with E-state index in [1.807, 2.05) is 32.9 Å². The molecule has 0 spiro atoms. The Hall–Kier alpha value is -4.82. The Balaban J connectivity index is 1.59. The van der Waals surface area contributed by atoms with Gasteiger partial charge in [0.1, 0.15) is 29.1 Å². The minimum Gasteiger partial charge on any atom is -0.466 e. The second kappa shape index (κ2) is 12.8. The average molecular weight is 602 g/mol. The minimum absolute atomic E-state index is 0.0545. The van der Waals surface area contributed by atoms with E-state index in [1.165, 1.54) is 19.2 Å². The first kappa shape index (κ1) is 30.6. The Kier molecular flexibility index (Phi) is 8.92. The maximum atomic E-state index is 14.4. The molecule has 5 rings (SSSR count). The number of halogens is 2. The normalized spacial score (nSPS) is 13.9. The van der Waals surface area contributed by atoms with Crippen LogP contribution in [0.25, 0.3) is 33.3 Å². The molecule has 11 heteroatoms. The SMILES string of the molecule is COCOc1c(C#N)cccc1-c1cnc2ncc(-c3cc(F)cc(F)c3)c(N3CCC(NC(=O)OC(C)(C)C)CC3)c2c1. The predicted octanol–water partition coefficient (Wildman–Crippen LogP) is 6.59. The number of para-hydroxylation sites is 1. The third kappa shape index (κ3) is 6.87. The number of rotatable bonds is 7. The Labute approximate surface area is 254 Å². The molecule has 1 aliphatic heterocycles. The molecule has 1 saturated heterocycles. The summed E-state index contributed by atoms with van der Waals surface area (Å²) in [6.07, 6.45) is 3.99. The molecule has 0 atom stereocenters. The van der Waals surface area contributed by atoms with E-state index >= 15 is 0 Å². The smallest absolute Gasteiger partial charge is 0.407 e. The number of benzene rings is 2. The van der Waals surface area contributed by atoms with Gasteiger partial charge in [-0.3, -0.25) is 0 Å². The molecular formula is C33H33F2N5O4. The van der Waals surface area contributed by atoms with Crippen molar-refractivity contribution in [1.29, 1.82) is 5.26 Å². The number of fused-ring (bicyclic) bond motifs is 1. The van der Waals surface area contributed by atoms with Crippen molar-refractivity contribution in [1.82, 2.24) is 15.3 Å². The number of amides is 1. The Morgan fingerprint density at radius 3 is 2.41 bits per heavy atom. The topological polar surface area (TPSA) is 110 Å². The molecule has 9 nitrogen and oxygen atoms in total. The molecule has 1 N–H and O–H groups in total. The lowest BCUT2D eigenvalue weighted by molar-refractivity contribution is 0.0496. The third-order valence-corrected chi connectivity index (χ3v) is 7.17. The van der Waals surface area contributed by atoms with Gasteiger partial charge in [-0.25, -0.2) is 23.5 Å². The summed E-state index contributed by atoms with van der Waals surface area (Å²) in [4.78, 5) is 23.7. The summed E-state index contributed by atoms with van der Waals surface area (Å²) in [7, 11) is 1.49. The van der Waals surface area contributed by atoms with Crippen LogP contribution in [0, 0.1) is 23.0 Å². The number of carbonyl (C=O) groups is 1. The summed E-state index contributed by atoms with van der Waals surface area (Å²) in [6, 6.07) is 12.6. The van der Waals surface area contributed by atoms with Crippen LogP contribution in [0.5, 0.6) is 5.75 Å². The molecule has 1 amide bonds. The molecule has 4 aromatic rings. The van der Waals surface area contributed by atoms with Crippen LogP contribution in [0.1, 0.15) is 39.2 Å². The van der Waals surface area contributed by atoms with Crippen LogP contribution in [0.2, 0.25) is 0 Å². The predicted molar refractivity (Wildman–Crippen MR) is 162 cm³/mol. The fraction of sp³-hybridized carbons (Fsp3) is 0.333. The van der Waals surface area contributed by atoms with Crippen molar-refractivity contribution in [2.24, 2.45) is 0 Å². The molecule has 1 aliphatic rings. The fourth-order valence-electron chi connectivity index (χ4n) is 5.32. The van der Waals surface area contributed by atoms with E-state index in [2.05, 4.69) is 26.3 Å². The Bertz CT molecular complexity index is 1710. The molecule has 0 saturated carbocycles. The van der Waals surface area contributed by atoms with Crippen molar-refractivity contribution in [2.75, 3.05) is 31.9 Å². The number of piperidine rings is 1. The van der Waals surface area contributed by atoms with Crippen molar-refractivity contribution in [2.45, 2.75) is 45.3 Å². The van der Waals surface area contributed by atoms with Gasteiger partial charge in [0, 0.05) is 66.8 Å². The summed E-state index contributed by atoms with van der Waals surface area (Å²) in [5, 5.41) is 13.3. The van der Waals surface area contributed by atoms with Gasteiger partial charge in [0.2, 0.25) is 0 Å². The number of nitriles is 1. The lowest BCUT2D eigenvalue weighted by Crippen LogP contribution is -2.46. The van der Waals surface area contributed by atoms with Crippen LogP contribution in [0.3, 0.4) is 0 Å². The van der Waals surface area contributed by atoms with Gasteiger partial charge >= 0.3 is 6.09 Å². The van der Waals surface area contributed by atoms with Crippen LogP contribution in [0.4, 0.5) is 19.3 Å². The van der Waals surface area contributed by atoms with Crippen LogP contribution in [0.15, 0.2) is 54.9 Å². The molecule has 0 bridgehead atoms. The second-order valence-corrected chi connectivity index (χ2v) is 11.5. The van der Waals surface area contributed by atoms with E-state index in [1.54, 1.807) is 24.5 Å². The zero-order valence-corrected chi connectivity index (χ0v) is 25.0. The first-order chi connectivity index (χ1) is 21.1. The number of carbonyl (C=O) groups excluding carboxylic acids is 1. The zero-order valence-electron chi connectivity index (χ0n) is 25.0. The van der Waals surface area contributed by atoms with Gasteiger partial charge in [-0.15, -0.1) is 0 Å². The van der Waals surface area contributed by atoms with Crippen molar-refractivity contribution in [3.05, 3.63) is 72.1 Å². The number of pyridine rings is 2. The summed E-state index contributed by atoms with van der Waals surface area (Å²) >= 11 is 0. The fourth-order valence-corrected chi connectivity index (χ4v) is 5.32. The quantitative estimate of drug-likeness (QED) is 0.236. The van der Waals surface area contributed by atoms with E-state index in [0.29, 0.717) is 76.2 Å². The number of aromatic nitrogens is 2. The van der Waals surface area contributed by atoms with Gasteiger partial charge in [-0.1, -0.05) is 12.1 Å². The van der Waals surface area contributed by atoms with Crippen molar-refractivity contribution >= 4 is 22.8 Å². The standard InChI is InChI=1S/C33H33F2N5O4/c1-33(2,3)44-32(41)39-25-8-10-40(11-9-25)29-27-14-22(26-7-5-6-20(16-36)30(26)43-19-42-4)17-37-31(27)38-18-28(29)21-12-23(34)15-24(35)13-21/h5-7,12-15,17-18,25H,8-11,19H2,1-4H3,(H,39,41). The molecule has 0 unspecified atom stereocenters. The highest BCUT2D eigenvalue weighted by Crippen LogP contribution is 2.41. The first-order valence-corrected chi connectivity index (χ1v) is 14.2. The molecule has 2 aromatic carbocycles. The van der Waals surface area contributed by atoms with Gasteiger partial charge in [0.05, 0.1) is 11.3 Å². The lowest BCUT2D eigenvalue weighted by atomic mass is 9.97. The molecule has 228 valence electrons. The zero-order chi connectivity index (χ0) is 31.4. The van der Waals surface area contributed by atoms with Crippen LogP contribution in [-0.4, -0.2) is 54.7 Å². The monoisotopic (exact) mass is 601 g/mol. The summed E-state index contributed by atoms with van der Waals surface area (Å²) in [5.74, 6) is -1.05. The Morgan fingerprint density at radius 1 is 1.05 bits per heavy atom.